The molecule has 7 heteroatoms. The van der Waals surface area contributed by atoms with Gasteiger partial charge < -0.3 is 13.7 Å². The Morgan fingerprint density at radius 1 is 0.310 bits per heavy atom. The molecule has 0 radical (unpaired) electrons. The summed E-state index contributed by atoms with van der Waals surface area (Å²) in [6, 6.07) is 85.2. The second kappa shape index (κ2) is 16.1. The average molecular weight is 906 g/mol. The van der Waals surface area contributed by atoms with Gasteiger partial charge in [0.1, 0.15) is 0 Å². The van der Waals surface area contributed by atoms with Crippen LogP contribution in [0.3, 0.4) is 0 Å². The zero-order valence-electron chi connectivity index (χ0n) is 38.1. The minimum absolute atomic E-state index is 0.509. The van der Waals surface area contributed by atoms with Crippen molar-refractivity contribution >= 4 is 65.4 Å². The van der Waals surface area contributed by atoms with E-state index in [9.17, 15) is 5.26 Å². The molecule has 0 atom stereocenters. The van der Waals surface area contributed by atoms with Gasteiger partial charge in [0, 0.05) is 54.6 Å². The Bertz CT molecular complexity index is 4240. The van der Waals surface area contributed by atoms with E-state index in [-0.39, 0.29) is 0 Å². The number of hydrogen-bond acceptors (Lipinski definition) is 4. The van der Waals surface area contributed by atoms with Crippen molar-refractivity contribution in [3.05, 3.63) is 242 Å². The normalized spacial score (nSPS) is 11.6. The fourth-order valence-electron chi connectivity index (χ4n) is 10.9. The molecule has 0 saturated heterocycles. The van der Waals surface area contributed by atoms with Crippen molar-refractivity contribution in [2.45, 2.75) is 0 Å². The number of rotatable bonds is 7. The number of nitrogens with zero attached hydrogens (tertiary/aromatic N) is 7. The molecule has 0 aliphatic carbocycles. The predicted molar refractivity (Wildman–Crippen MR) is 289 cm³/mol. The molecule has 14 aromatic rings. The highest BCUT2D eigenvalue weighted by Crippen LogP contribution is 2.49. The molecule has 14 rings (SSSR count). The maximum Gasteiger partial charge on any atom is 0.164 e. The number of fused-ring (bicyclic) bond motifs is 9. The number of aromatic nitrogens is 6. The SMILES string of the molecule is N#Cc1ccc(-c2c(-c3nc(-c4ccccc4)nc(-c4ccccc4)n3)cc(-n3c4ccccc4c4ccccc43)c(-n3c4ccccc4c4ccccc43)c2-n2c3ccccc3c3ccccc32)cc1. The van der Waals surface area contributed by atoms with Gasteiger partial charge in [-0.2, -0.15) is 5.26 Å². The van der Waals surface area contributed by atoms with E-state index in [1.165, 1.54) is 0 Å². The number of hydrogen-bond donors (Lipinski definition) is 0. The van der Waals surface area contributed by atoms with E-state index in [4.69, 9.17) is 15.0 Å². The van der Waals surface area contributed by atoms with Gasteiger partial charge in [-0.05, 0) is 60.2 Å². The third-order valence-corrected chi connectivity index (χ3v) is 13.9. The van der Waals surface area contributed by atoms with Crippen LogP contribution in [0.4, 0.5) is 0 Å². The highest BCUT2D eigenvalue weighted by Gasteiger charge is 2.31. The van der Waals surface area contributed by atoms with Gasteiger partial charge in [-0.25, -0.2) is 15.0 Å². The average Bonchev–Trinajstić information content (AvgIpc) is 4.09. The van der Waals surface area contributed by atoms with Crippen LogP contribution < -0.4 is 0 Å². The van der Waals surface area contributed by atoms with Crippen LogP contribution >= 0.6 is 0 Å². The van der Waals surface area contributed by atoms with E-state index in [1.807, 2.05) is 72.8 Å². The number of nitriles is 1. The molecule has 4 aromatic heterocycles. The van der Waals surface area contributed by atoms with E-state index in [2.05, 4.69) is 184 Å². The Morgan fingerprint density at radius 2 is 0.648 bits per heavy atom. The molecule has 0 spiro atoms. The third kappa shape index (κ3) is 6.25. The van der Waals surface area contributed by atoms with E-state index in [0.717, 1.165) is 110 Å². The van der Waals surface area contributed by atoms with Gasteiger partial charge in [0.2, 0.25) is 0 Å². The molecule has 0 saturated carbocycles. The summed E-state index contributed by atoms with van der Waals surface area (Å²) in [5.41, 5.74) is 14.1. The summed E-state index contributed by atoms with van der Waals surface area (Å²) in [7, 11) is 0. The van der Waals surface area contributed by atoms with Crippen LogP contribution in [-0.2, 0) is 0 Å². The van der Waals surface area contributed by atoms with Crippen LogP contribution in [0, 0.1) is 11.3 Å². The monoisotopic (exact) mass is 905 g/mol. The van der Waals surface area contributed by atoms with Crippen molar-refractivity contribution in [1.29, 1.82) is 5.26 Å². The molecule has 0 aliphatic rings. The van der Waals surface area contributed by atoms with Crippen LogP contribution in [0.15, 0.2) is 237 Å². The van der Waals surface area contributed by atoms with Gasteiger partial charge in [-0.1, -0.05) is 182 Å². The van der Waals surface area contributed by atoms with Crippen LogP contribution in [0.1, 0.15) is 5.56 Å². The summed E-state index contributed by atoms with van der Waals surface area (Å²) < 4.78 is 7.36. The van der Waals surface area contributed by atoms with Crippen LogP contribution in [0.5, 0.6) is 0 Å². The lowest BCUT2D eigenvalue weighted by atomic mass is 9.93. The quantitative estimate of drug-likeness (QED) is 0.160. The zero-order chi connectivity index (χ0) is 47.0. The Hall–Kier alpha value is -9.90. The highest BCUT2D eigenvalue weighted by atomic mass is 15.1. The third-order valence-electron chi connectivity index (χ3n) is 13.9. The first kappa shape index (κ1) is 40.2. The topological polar surface area (TPSA) is 77.2 Å². The number of benzene rings is 10. The standard InChI is InChI=1S/C64H39N7/c65-40-41-35-37-42(38-36-41)59-51(64-67-62(43-19-3-1-4-20-43)66-63(68-64)44-21-5-2-6-22-44)39-58(69-52-29-13-7-23-45(52)46-24-8-14-30-53(46)69)60(70-54-31-15-9-25-47(54)48-26-10-16-32-55(48)70)61(59)71-56-33-17-11-27-49(56)50-28-12-18-34-57(50)71/h1-39H. The lowest BCUT2D eigenvalue weighted by molar-refractivity contribution is 1.04. The molecule has 71 heavy (non-hydrogen) atoms. The molecule has 0 N–H and O–H groups in total. The minimum atomic E-state index is 0.509. The van der Waals surface area contributed by atoms with Crippen molar-refractivity contribution in [2.24, 2.45) is 0 Å². The molecule has 0 bridgehead atoms. The zero-order valence-corrected chi connectivity index (χ0v) is 38.1. The summed E-state index contributed by atoms with van der Waals surface area (Å²) in [4.78, 5) is 16.2. The van der Waals surface area contributed by atoms with Gasteiger partial charge in [0.05, 0.1) is 61.8 Å². The molecule has 4 heterocycles. The van der Waals surface area contributed by atoms with Gasteiger partial charge in [0.15, 0.2) is 17.5 Å². The largest absolute Gasteiger partial charge is 0.307 e. The van der Waals surface area contributed by atoms with E-state index in [0.29, 0.717) is 23.0 Å². The van der Waals surface area contributed by atoms with Gasteiger partial charge in [-0.15, -0.1) is 0 Å². The molecule has 0 fully saturated rings. The van der Waals surface area contributed by atoms with Crippen LogP contribution in [-0.4, -0.2) is 28.7 Å². The summed E-state index contributed by atoms with van der Waals surface area (Å²) in [5, 5.41) is 17.1. The van der Waals surface area contributed by atoms with Gasteiger partial charge >= 0.3 is 0 Å². The summed E-state index contributed by atoms with van der Waals surface area (Å²) in [5.74, 6) is 1.63. The minimum Gasteiger partial charge on any atom is -0.307 e. The fourth-order valence-corrected chi connectivity index (χ4v) is 10.9. The lowest BCUT2D eigenvalue weighted by Crippen LogP contribution is -2.13. The first-order valence-corrected chi connectivity index (χ1v) is 23.8. The summed E-state index contributed by atoms with van der Waals surface area (Å²) in [6.45, 7) is 0. The van der Waals surface area contributed by atoms with Crippen molar-refractivity contribution in [2.75, 3.05) is 0 Å². The molecule has 10 aromatic carbocycles. The van der Waals surface area contributed by atoms with Crippen LogP contribution in [0.25, 0.3) is 128 Å². The molecule has 330 valence electrons. The van der Waals surface area contributed by atoms with Crippen molar-refractivity contribution in [3.8, 4) is 68.4 Å². The van der Waals surface area contributed by atoms with E-state index >= 15 is 0 Å². The second-order valence-electron chi connectivity index (χ2n) is 17.9. The number of para-hydroxylation sites is 6. The van der Waals surface area contributed by atoms with E-state index < -0.39 is 0 Å². The molecule has 0 aliphatic heterocycles. The summed E-state index contributed by atoms with van der Waals surface area (Å²) >= 11 is 0. The first-order chi connectivity index (χ1) is 35.2. The lowest BCUT2D eigenvalue weighted by Gasteiger charge is -2.27. The van der Waals surface area contributed by atoms with Gasteiger partial charge in [-0.3, -0.25) is 0 Å². The molecule has 7 nitrogen and oxygen atoms in total. The second-order valence-corrected chi connectivity index (χ2v) is 17.9. The maximum absolute atomic E-state index is 10.2. The van der Waals surface area contributed by atoms with Crippen molar-refractivity contribution in [3.63, 3.8) is 0 Å². The first-order valence-electron chi connectivity index (χ1n) is 23.8. The highest BCUT2D eigenvalue weighted by molar-refractivity contribution is 6.15. The van der Waals surface area contributed by atoms with Gasteiger partial charge in [0.25, 0.3) is 0 Å². The van der Waals surface area contributed by atoms with Crippen molar-refractivity contribution < 1.29 is 0 Å². The molecular weight excluding hydrogens is 867 g/mol. The predicted octanol–water partition coefficient (Wildman–Crippen LogP) is 15.7. The maximum atomic E-state index is 10.2. The molecule has 0 amide bonds. The van der Waals surface area contributed by atoms with Crippen LogP contribution in [0.2, 0.25) is 0 Å². The Kier molecular flexibility index (Phi) is 9.13. The Balaban J connectivity index is 1.29. The smallest absolute Gasteiger partial charge is 0.164 e. The molecule has 0 unspecified atom stereocenters. The Labute approximate surface area is 408 Å². The summed E-state index contributed by atoms with van der Waals surface area (Å²) in [6.07, 6.45) is 0. The Morgan fingerprint density at radius 3 is 1.04 bits per heavy atom. The van der Waals surface area contributed by atoms with Crippen molar-refractivity contribution in [1.82, 2.24) is 28.7 Å². The molecular formula is C64H39N7. The van der Waals surface area contributed by atoms with E-state index in [1.54, 1.807) is 0 Å². The fraction of sp³-hybridized carbons (Fsp3) is 0.